The van der Waals surface area contributed by atoms with Crippen LogP contribution in [0.4, 0.5) is 5.69 Å². The quantitative estimate of drug-likeness (QED) is 0.432. The third kappa shape index (κ3) is 5.42. The Morgan fingerprint density at radius 3 is 2.48 bits per heavy atom. The minimum atomic E-state index is -0.399. The zero-order valence-corrected chi connectivity index (χ0v) is 17.0. The van der Waals surface area contributed by atoms with Gasteiger partial charge in [-0.25, -0.2) is 0 Å². The molecule has 0 aliphatic rings. The van der Waals surface area contributed by atoms with Gasteiger partial charge in [0.25, 0.3) is 5.69 Å². The highest BCUT2D eigenvalue weighted by Crippen LogP contribution is 2.25. The molecule has 0 aliphatic carbocycles. The molecule has 0 spiro atoms. The van der Waals surface area contributed by atoms with Gasteiger partial charge in [-0.1, -0.05) is 32.0 Å². The second kappa shape index (κ2) is 9.34. The highest BCUT2D eigenvalue weighted by molar-refractivity contribution is 5.64. The molecular weight excluding hydrogens is 368 g/mol. The Morgan fingerprint density at radius 1 is 1.10 bits per heavy atom. The molecule has 0 saturated carbocycles. The number of non-ortho nitro benzene ring substituents is 1. The van der Waals surface area contributed by atoms with Gasteiger partial charge in [0.1, 0.15) is 5.75 Å². The topological polar surface area (TPSA) is 82.2 Å². The number of para-hydroxylation sites is 1. The Bertz CT molecular complexity index is 964. The first-order chi connectivity index (χ1) is 13.9. The lowest BCUT2D eigenvalue weighted by molar-refractivity contribution is -0.384. The number of nitro groups is 1. The summed E-state index contributed by atoms with van der Waals surface area (Å²) in [6.45, 7) is 6.23. The molecule has 7 nitrogen and oxygen atoms in total. The van der Waals surface area contributed by atoms with E-state index < -0.39 is 4.92 Å². The Kier molecular flexibility index (Phi) is 6.61. The number of hydrogen-bond donors (Lipinski definition) is 1. The number of rotatable bonds is 9. The zero-order valence-electron chi connectivity index (χ0n) is 17.0. The molecule has 0 radical (unpaired) electrons. The molecule has 152 valence electrons. The largest absolute Gasteiger partial charge is 0.493 e. The summed E-state index contributed by atoms with van der Waals surface area (Å²) in [5.41, 5.74) is 3.88. The number of aryl methyl sites for hydroxylation is 1. The molecule has 0 fully saturated rings. The van der Waals surface area contributed by atoms with E-state index in [-0.39, 0.29) is 5.69 Å². The van der Waals surface area contributed by atoms with Gasteiger partial charge in [0.05, 0.1) is 17.2 Å². The van der Waals surface area contributed by atoms with Gasteiger partial charge in [0.15, 0.2) is 0 Å². The van der Waals surface area contributed by atoms with E-state index >= 15 is 0 Å². The van der Waals surface area contributed by atoms with Crippen LogP contribution in [0.3, 0.4) is 0 Å². The Morgan fingerprint density at radius 2 is 1.79 bits per heavy atom. The van der Waals surface area contributed by atoms with Crippen molar-refractivity contribution in [3.05, 3.63) is 76.0 Å². The van der Waals surface area contributed by atoms with Gasteiger partial charge < -0.3 is 10.1 Å². The summed E-state index contributed by atoms with van der Waals surface area (Å²) in [7, 11) is 1.87. The Balaban J connectivity index is 1.69. The summed E-state index contributed by atoms with van der Waals surface area (Å²) < 4.78 is 7.67. The lowest BCUT2D eigenvalue weighted by Crippen LogP contribution is -2.14. The molecule has 1 N–H and O–H groups in total. The van der Waals surface area contributed by atoms with Crippen molar-refractivity contribution >= 4 is 5.69 Å². The van der Waals surface area contributed by atoms with E-state index in [0.717, 1.165) is 28.1 Å². The second-order valence-corrected chi connectivity index (χ2v) is 7.40. The first-order valence-electron chi connectivity index (χ1n) is 9.63. The van der Waals surface area contributed by atoms with E-state index in [2.05, 4.69) is 30.3 Å². The summed E-state index contributed by atoms with van der Waals surface area (Å²) in [5, 5.41) is 18.9. The fourth-order valence-electron chi connectivity index (χ4n) is 3.03. The van der Waals surface area contributed by atoms with Crippen molar-refractivity contribution in [2.75, 3.05) is 6.61 Å². The van der Waals surface area contributed by atoms with E-state index in [1.54, 1.807) is 16.8 Å². The van der Waals surface area contributed by atoms with Crippen LogP contribution in [0.25, 0.3) is 11.3 Å². The third-order valence-electron chi connectivity index (χ3n) is 4.43. The summed E-state index contributed by atoms with van der Waals surface area (Å²) >= 11 is 0. The molecule has 1 aromatic heterocycles. The lowest BCUT2D eigenvalue weighted by Gasteiger charge is -2.13. The van der Waals surface area contributed by atoms with Gasteiger partial charge in [-0.15, -0.1) is 0 Å². The summed E-state index contributed by atoms with van der Waals surface area (Å²) in [5.74, 6) is 1.37. The molecule has 0 atom stereocenters. The third-order valence-corrected chi connectivity index (χ3v) is 4.43. The number of nitro benzene ring substituents is 1. The molecule has 3 aromatic rings. The van der Waals surface area contributed by atoms with E-state index in [0.29, 0.717) is 25.6 Å². The van der Waals surface area contributed by atoms with Crippen molar-refractivity contribution in [2.45, 2.75) is 26.9 Å². The normalized spacial score (nSPS) is 11.0. The standard InChI is InChI=1S/C22H26N4O3/c1-16(2)15-29-21-7-5-4-6-18(21)12-23-13-19-14-25(3)24-22(19)17-8-10-20(11-9-17)26(27)28/h4-11,14,16,23H,12-13,15H2,1-3H3. The van der Waals surface area contributed by atoms with Crippen molar-refractivity contribution in [1.29, 1.82) is 0 Å². The van der Waals surface area contributed by atoms with Crippen molar-refractivity contribution in [3.63, 3.8) is 0 Å². The molecule has 2 aromatic carbocycles. The van der Waals surface area contributed by atoms with Crippen LogP contribution in [-0.4, -0.2) is 21.3 Å². The monoisotopic (exact) mass is 394 g/mol. The molecule has 0 amide bonds. The van der Waals surface area contributed by atoms with Crippen LogP contribution in [0.2, 0.25) is 0 Å². The van der Waals surface area contributed by atoms with Gasteiger partial charge in [-0.05, 0) is 24.1 Å². The fraction of sp³-hybridized carbons (Fsp3) is 0.318. The van der Waals surface area contributed by atoms with Crippen molar-refractivity contribution in [3.8, 4) is 17.0 Å². The van der Waals surface area contributed by atoms with Gasteiger partial charge in [0, 0.05) is 55.2 Å². The highest BCUT2D eigenvalue weighted by Gasteiger charge is 2.12. The van der Waals surface area contributed by atoms with Crippen LogP contribution in [0.5, 0.6) is 5.75 Å². The summed E-state index contributed by atoms with van der Waals surface area (Å²) in [4.78, 5) is 10.5. The van der Waals surface area contributed by atoms with Gasteiger partial charge in [-0.3, -0.25) is 14.8 Å². The maximum Gasteiger partial charge on any atom is 0.269 e. The maximum atomic E-state index is 10.9. The predicted molar refractivity (Wildman–Crippen MR) is 113 cm³/mol. The van der Waals surface area contributed by atoms with Crippen LogP contribution < -0.4 is 10.1 Å². The van der Waals surface area contributed by atoms with E-state index in [9.17, 15) is 10.1 Å². The van der Waals surface area contributed by atoms with Crippen LogP contribution in [0.15, 0.2) is 54.7 Å². The number of nitrogens with one attached hydrogen (secondary N) is 1. The van der Waals surface area contributed by atoms with E-state index in [1.165, 1.54) is 12.1 Å². The van der Waals surface area contributed by atoms with Crippen LogP contribution >= 0.6 is 0 Å². The maximum absolute atomic E-state index is 10.9. The van der Waals surface area contributed by atoms with E-state index in [4.69, 9.17) is 4.74 Å². The molecule has 0 aliphatic heterocycles. The first-order valence-corrected chi connectivity index (χ1v) is 9.63. The van der Waals surface area contributed by atoms with Gasteiger partial charge in [0.2, 0.25) is 0 Å². The lowest BCUT2D eigenvalue weighted by atomic mass is 10.1. The molecule has 0 unspecified atom stereocenters. The number of ether oxygens (including phenoxy) is 1. The summed E-state index contributed by atoms with van der Waals surface area (Å²) in [6.07, 6.45) is 1.96. The number of hydrogen-bond acceptors (Lipinski definition) is 5. The number of nitrogens with zero attached hydrogens (tertiary/aromatic N) is 3. The molecule has 0 saturated heterocycles. The number of aromatic nitrogens is 2. The summed E-state index contributed by atoms with van der Waals surface area (Å²) in [6, 6.07) is 14.5. The van der Waals surface area contributed by atoms with Crippen LogP contribution in [-0.2, 0) is 20.1 Å². The Labute approximate surface area is 170 Å². The van der Waals surface area contributed by atoms with Gasteiger partial charge in [-0.2, -0.15) is 5.10 Å². The Hall–Kier alpha value is -3.19. The molecule has 0 bridgehead atoms. The van der Waals surface area contributed by atoms with Crippen LogP contribution in [0, 0.1) is 16.0 Å². The average molecular weight is 394 g/mol. The average Bonchev–Trinajstić information content (AvgIpc) is 3.07. The van der Waals surface area contributed by atoms with E-state index in [1.807, 2.05) is 31.4 Å². The van der Waals surface area contributed by atoms with Gasteiger partial charge >= 0.3 is 0 Å². The predicted octanol–water partition coefficient (Wildman–Crippen LogP) is 4.32. The minimum Gasteiger partial charge on any atom is -0.493 e. The first kappa shape index (κ1) is 20.5. The molecule has 29 heavy (non-hydrogen) atoms. The SMILES string of the molecule is CC(C)COc1ccccc1CNCc1cn(C)nc1-c1ccc([N+](=O)[O-])cc1. The molecule has 1 heterocycles. The van der Waals surface area contributed by atoms with Crippen molar-refractivity contribution < 1.29 is 9.66 Å². The van der Waals surface area contributed by atoms with Crippen LogP contribution in [0.1, 0.15) is 25.0 Å². The highest BCUT2D eigenvalue weighted by atomic mass is 16.6. The minimum absolute atomic E-state index is 0.0716. The molecule has 3 rings (SSSR count). The second-order valence-electron chi connectivity index (χ2n) is 7.40. The van der Waals surface area contributed by atoms with Crippen molar-refractivity contribution in [2.24, 2.45) is 13.0 Å². The molecular formula is C22H26N4O3. The zero-order chi connectivity index (χ0) is 20.8. The fourth-order valence-corrected chi connectivity index (χ4v) is 3.03. The molecule has 7 heteroatoms. The number of benzene rings is 2. The smallest absolute Gasteiger partial charge is 0.269 e. The van der Waals surface area contributed by atoms with Crippen molar-refractivity contribution in [1.82, 2.24) is 15.1 Å².